The molecule has 0 spiro atoms. The number of nitrogens with zero attached hydrogens (tertiary/aromatic N) is 1. The normalized spacial score (nSPS) is 18.7. The van der Waals surface area contributed by atoms with E-state index in [0.717, 1.165) is 31.2 Å². The van der Waals surface area contributed by atoms with Gasteiger partial charge in [-0.15, -0.1) is 0 Å². The second-order valence-corrected chi connectivity index (χ2v) is 6.17. The van der Waals surface area contributed by atoms with E-state index in [1.54, 1.807) is 13.2 Å². The molecule has 0 unspecified atom stereocenters. The molecule has 5 heteroatoms. The zero-order valence-corrected chi connectivity index (χ0v) is 14.0. The molecule has 1 N–H and O–H groups in total. The third kappa shape index (κ3) is 3.08. The number of carbonyl (C=O) groups is 1. The van der Waals surface area contributed by atoms with Gasteiger partial charge in [0, 0.05) is 23.7 Å². The minimum Gasteiger partial charge on any atom is -0.465 e. The molecule has 1 aromatic rings. The van der Waals surface area contributed by atoms with E-state index < -0.39 is 11.8 Å². The lowest BCUT2D eigenvalue weighted by molar-refractivity contribution is -0.150. The molecule has 1 aliphatic rings. The molecule has 1 saturated carbocycles. The first-order valence-electron chi connectivity index (χ1n) is 7.89. The number of ether oxygens (including phenoxy) is 1. The molecule has 2 rings (SSSR count). The van der Waals surface area contributed by atoms with Crippen LogP contribution in [0.25, 0.3) is 0 Å². The van der Waals surface area contributed by atoms with Crippen molar-refractivity contribution in [1.82, 2.24) is 4.90 Å². The van der Waals surface area contributed by atoms with Crippen molar-refractivity contribution in [2.24, 2.45) is 0 Å². The average Bonchev–Trinajstić information content (AvgIpc) is 2.54. The monoisotopic (exact) mass is 325 g/mol. The smallest absolute Gasteiger partial charge is 0.410 e. The van der Waals surface area contributed by atoms with Crippen LogP contribution < -0.4 is 0 Å². The van der Waals surface area contributed by atoms with Crippen LogP contribution in [0.4, 0.5) is 4.79 Å². The van der Waals surface area contributed by atoms with Crippen molar-refractivity contribution in [3.05, 3.63) is 34.9 Å². The quantitative estimate of drug-likeness (QED) is 0.786. The number of carboxylic acid groups (broad SMARTS) is 1. The largest absolute Gasteiger partial charge is 0.465 e. The van der Waals surface area contributed by atoms with Crippen LogP contribution in [0.1, 0.15) is 51.0 Å². The summed E-state index contributed by atoms with van der Waals surface area (Å²) in [6.45, 7) is 1.94. The molecule has 1 atom stereocenters. The molecule has 122 valence electrons. The lowest BCUT2D eigenvalue weighted by Gasteiger charge is -2.46. The van der Waals surface area contributed by atoms with E-state index in [4.69, 9.17) is 16.3 Å². The topological polar surface area (TPSA) is 49.8 Å². The Morgan fingerprint density at radius 2 is 2.00 bits per heavy atom. The second-order valence-electron chi connectivity index (χ2n) is 5.77. The predicted molar refractivity (Wildman–Crippen MR) is 87.2 cm³/mol. The Morgan fingerprint density at radius 3 is 2.50 bits per heavy atom. The van der Waals surface area contributed by atoms with Gasteiger partial charge >= 0.3 is 6.09 Å². The Hall–Kier alpha value is -1.26. The number of benzene rings is 1. The number of halogens is 1. The Balaban J connectivity index is 2.50. The summed E-state index contributed by atoms with van der Waals surface area (Å²) in [6.07, 6.45) is 4.60. The van der Waals surface area contributed by atoms with Crippen LogP contribution in [0.2, 0.25) is 5.02 Å². The van der Waals surface area contributed by atoms with Crippen molar-refractivity contribution in [2.75, 3.05) is 7.11 Å². The Kier molecular flexibility index (Phi) is 5.70. The maximum atomic E-state index is 12.1. The van der Waals surface area contributed by atoms with Gasteiger partial charge in [-0.1, -0.05) is 56.0 Å². The molecular weight excluding hydrogens is 302 g/mol. The maximum Gasteiger partial charge on any atom is 0.410 e. The van der Waals surface area contributed by atoms with Crippen molar-refractivity contribution >= 4 is 17.7 Å². The van der Waals surface area contributed by atoms with Crippen LogP contribution in [0.15, 0.2) is 24.3 Å². The average molecular weight is 326 g/mol. The van der Waals surface area contributed by atoms with E-state index in [1.165, 1.54) is 11.3 Å². The zero-order valence-electron chi connectivity index (χ0n) is 13.2. The van der Waals surface area contributed by atoms with Gasteiger partial charge in [-0.05, 0) is 25.3 Å². The van der Waals surface area contributed by atoms with E-state index in [-0.39, 0.29) is 6.04 Å². The molecule has 0 saturated heterocycles. The van der Waals surface area contributed by atoms with Gasteiger partial charge in [0.2, 0.25) is 0 Å². The van der Waals surface area contributed by atoms with Gasteiger partial charge in [0.1, 0.15) is 0 Å². The summed E-state index contributed by atoms with van der Waals surface area (Å²) in [7, 11) is 1.56. The molecule has 1 fully saturated rings. The predicted octanol–water partition coefficient (Wildman–Crippen LogP) is 4.86. The summed E-state index contributed by atoms with van der Waals surface area (Å²) in [5, 5.41) is 10.4. The summed E-state index contributed by atoms with van der Waals surface area (Å²) in [5.41, 5.74) is -0.318. The molecule has 0 aromatic heterocycles. The number of hydrogen-bond donors (Lipinski definition) is 1. The zero-order chi connectivity index (χ0) is 16.2. The summed E-state index contributed by atoms with van der Waals surface area (Å²) >= 11 is 6.35. The van der Waals surface area contributed by atoms with E-state index >= 15 is 0 Å². The molecule has 0 radical (unpaired) electrons. The SMILES string of the molecule is CC[C@](OC)(c1ccccc1Cl)N(C(=O)O)C1CCCCC1. The van der Waals surface area contributed by atoms with Crippen LogP contribution >= 0.6 is 11.6 Å². The van der Waals surface area contributed by atoms with Gasteiger partial charge in [0.15, 0.2) is 5.72 Å². The molecule has 0 aliphatic heterocycles. The maximum absolute atomic E-state index is 12.1. The minimum atomic E-state index is -1.04. The highest BCUT2D eigenvalue weighted by Gasteiger charge is 2.45. The molecule has 22 heavy (non-hydrogen) atoms. The minimum absolute atomic E-state index is 0.0255. The van der Waals surface area contributed by atoms with Crippen molar-refractivity contribution in [3.63, 3.8) is 0 Å². The highest BCUT2D eigenvalue weighted by Crippen LogP contribution is 2.41. The summed E-state index contributed by atoms with van der Waals surface area (Å²) in [4.78, 5) is 13.5. The van der Waals surface area contributed by atoms with Crippen LogP contribution in [0.5, 0.6) is 0 Å². The fourth-order valence-electron chi connectivity index (χ4n) is 3.57. The van der Waals surface area contributed by atoms with Gasteiger partial charge in [0.25, 0.3) is 0 Å². The molecule has 0 heterocycles. The van der Waals surface area contributed by atoms with Crippen molar-refractivity contribution < 1.29 is 14.6 Å². The van der Waals surface area contributed by atoms with E-state index in [9.17, 15) is 9.90 Å². The Bertz CT molecular complexity index is 510. The van der Waals surface area contributed by atoms with E-state index in [0.29, 0.717) is 11.4 Å². The van der Waals surface area contributed by atoms with Crippen molar-refractivity contribution in [1.29, 1.82) is 0 Å². The van der Waals surface area contributed by atoms with Gasteiger partial charge < -0.3 is 9.84 Å². The van der Waals surface area contributed by atoms with Crippen LogP contribution in [0, 0.1) is 0 Å². The van der Waals surface area contributed by atoms with Crippen molar-refractivity contribution in [3.8, 4) is 0 Å². The van der Waals surface area contributed by atoms with E-state index in [2.05, 4.69) is 0 Å². The number of amides is 1. The summed E-state index contributed by atoms with van der Waals surface area (Å²) < 4.78 is 5.79. The lowest BCUT2D eigenvalue weighted by atomic mass is 9.89. The molecule has 0 bridgehead atoms. The highest BCUT2D eigenvalue weighted by molar-refractivity contribution is 6.31. The van der Waals surface area contributed by atoms with Crippen molar-refractivity contribution in [2.45, 2.75) is 57.2 Å². The number of hydrogen-bond acceptors (Lipinski definition) is 2. The standard InChI is InChI=1S/C17H24ClNO3/c1-3-17(22-2,14-11-7-8-12-15(14)18)19(16(20)21)13-9-5-4-6-10-13/h7-8,11-13H,3-6,9-10H2,1-2H3,(H,20,21)/t17-/m0/s1. The fraction of sp³-hybridized carbons (Fsp3) is 0.588. The summed E-state index contributed by atoms with van der Waals surface area (Å²) in [6, 6.07) is 7.32. The molecule has 1 amide bonds. The van der Waals surface area contributed by atoms with Gasteiger partial charge in [0.05, 0.1) is 0 Å². The van der Waals surface area contributed by atoms with Crippen LogP contribution in [0.3, 0.4) is 0 Å². The lowest BCUT2D eigenvalue weighted by Crippen LogP contribution is -2.55. The third-order valence-corrected chi connectivity index (χ3v) is 4.98. The number of methoxy groups -OCH3 is 1. The van der Waals surface area contributed by atoms with Gasteiger partial charge in [-0.3, -0.25) is 4.90 Å². The molecular formula is C17H24ClNO3. The number of rotatable bonds is 5. The summed E-state index contributed by atoms with van der Waals surface area (Å²) in [5.74, 6) is 0. The van der Waals surface area contributed by atoms with Crippen LogP contribution in [-0.4, -0.2) is 29.3 Å². The second kappa shape index (κ2) is 7.34. The Labute approximate surface area is 137 Å². The first-order chi connectivity index (χ1) is 10.6. The first-order valence-corrected chi connectivity index (χ1v) is 8.27. The van der Waals surface area contributed by atoms with Crippen LogP contribution in [-0.2, 0) is 10.5 Å². The fourth-order valence-corrected chi connectivity index (χ4v) is 3.85. The van der Waals surface area contributed by atoms with E-state index in [1.807, 2.05) is 25.1 Å². The third-order valence-electron chi connectivity index (χ3n) is 4.65. The molecule has 4 nitrogen and oxygen atoms in total. The van der Waals surface area contributed by atoms with Gasteiger partial charge in [-0.25, -0.2) is 4.79 Å². The first kappa shape index (κ1) is 17.1. The van der Waals surface area contributed by atoms with Gasteiger partial charge in [-0.2, -0.15) is 0 Å². The molecule has 1 aromatic carbocycles. The Morgan fingerprint density at radius 1 is 1.36 bits per heavy atom. The molecule has 1 aliphatic carbocycles. The highest BCUT2D eigenvalue weighted by atomic mass is 35.5.